The Kier molecular flexibility index (Phi) is 3.38. The molecule has 1 saturated heterocycles. The second-order valence-electron chi connectivity index (χ2n) is 5.83. The number of fused-ring (bicyclic) bond motifs is 1. The van der Waals surface area contributed by atoms with Gasteiger partial charge >= 0.3 is 6.09 Å². The zero-order chi connectivity index (χ0) is 14.3. The average molecular weight is 279 g/mol. The Bertz CT molecular complexity index is 504. The number of nitrogens with zero attached hydrogens (tertiary/aromatic N) is 1. The van der Waals surface area contributed by atoms with Crippen LogP contribution in [-0.4, -0.2) is 40.4 Å². The minimum atomic E-state index is -0.897. The van der Waals surface area contributed by atoms with Crippen LogP contribution in [0, 0.1) is 17.7 Å². The van der Waals surface area contributed by atoms with Crippen LogP contribution in [-0.2, 0) is 0 Å². The molecular formula is C15H18FNO3. The lowest BCUT2D eigenvalue weighted by atomic mass is 9.69. The van der Waals surface area contributed by atoms with E-state index in [1.807, 2.05) is 0 Å². The quantitative estimate of drug-likeness (QED) is 0.829. The van der Waals surface area contributed by atoms with E-state index < -0.39 is 12.2 Å². The molecule has 0 aromatic heterocycles. The molecule has 108 valence electrons. The van der Waals surface area contributed by atoms with Gasteiger partial charge in [0, 0.05) is 19.0 Å². The van der Waals surface area contributed by atoms with Gasteiger partial charge in [-0.3, -0.25) is 0 Å². The zero-order valence-corrected chi connectivity index (χ0v) is 11.1. The summed E-state index contributed by atoms with van der Waals surface area (Å²) in [5, 5.41) is 19.4. The van der Waals surface area contributed by atoms with E-state index in [2.05, 4.69) is 0 Å². The Morgan fingerprint density at radius 2 is 1.90 bits per heavy atom. The largest absolute Gasteiger partial charge is 0.465 e. The van der Waals surface area contributed by atoms with Crippen molar-refractivity contribution in [3.05, 3.63) is 35.6 Å². The van der Waals surface area contributed by atoms with Gasteiger partial charge in [-0.1, -0.05) is 12.1 Å². The molecule has 1 aromatic carbocycles. The number of likely N-dealkylation sites (tertiary alicyclic amines) is 1. The third-order valence-electron chi connectivity index (χ3n) is 4.73. The highest BCUT2D eigenvalue weighted by atomic mass is 19.1. The summed E-state index contributed by atoms with van der Waals surface area (Å²) < 4.78 is 13.0. The molecule has 2 aliphatic rings. The van der Waals surface area contributed by atoms with E-state index in [0.717, 1.165) is 12.0 Å². The summed E-state index contributed by atoms with van der Waals surface area (Å²) in [7, 11) is 0. The number of carboxylic acid groups (broad SMARTS) is 1. The summed E-state index contributed by atoms with van der Waals surface area (Å²) in [6.45, 7) is 1.00. The average Bonchev–Trinajstić information content (AvgIpc) is 2.84. The van der Waals surface area contributed by atoms with Gasteiger partial charge in [0.05, 0.1) is 6.10 Å². The molecule has 1 heterocycles. The number of benzene rings is 1. The van der Waals surface area contributed by atoms with Crippen LogP contribution in [0.3, 0.4) is 0 Å². The van der Waals surface area contributed by atoms with E-state index in [1.165, 1.54) is 17.0 Å². The first-order valence-corrected chi connectivity index (χ1v) is 6.97. The Morgan fingerprint density at radius 1 is 1.20 bits per heavy atom. The van der Waals surface area contributed by atoms with Crippen molar-refractivity contribution in [3.8, 4) is 0 Å². The molecule has 0 spiro atoms. The fourth-order valence-electron chi connectivity index (χ4n) is 3.77. The van der Waals surface area contributed by atoms with Gasteiger partial charge in [-0.05, 0) is 42.4 Å². The number of hydrogen-bond donors (Lipinski definition) is 2. The molecule has 5 heteroatoms. The van der Waals surface area contributed by atoms with Gasteiger partial charge in [0.25, 0.3) is 0 Å². The van der Waals surface area contributed by atoms with Crippen LogP contribution in [0.15, 0.2) is 24.3 Å². The van der Waals surface area contributed by atoms with Gasteiger partial charge < -0.3 is 15.1 Å². The second kappa shape index (κ2) is 5.05. The van der Waals surface area contributed by atoms with Crippen LogP contribution in [0.5, 0.6) is 0 Å². The van der Waals surface area contributed by atoms with Crippen LogP contribution >= 0.6 is 0 Å². The summed E-state index contributed by atoms with van der Waals surface area (Å²) in [6.07, 6.45) is 0.159. The maximum atomic E-state index is 13.0. The number of rotatable bonds is 1. The molecule has 1 aliphatic carbocycles. The van der Waals surface area contributed by atoms with Crippen molar-refractivity contribution in [2.24, 2.45) is 11.8 Å². The van der Waals surface area contributed by atoms with Gasteiger partial charge in [-0.2, -0.15) is 0 Å². The Balaban J connectivity index is 1.88. The maximum Gasteiger partial charge on any atom is 0.407 e. The first kappa shape index (κ1) is 13.4. The summed E-state index contributed by atoms with van der Waals surface area (Å²) in [4.78, 5) is 12.6. The van der Waals surface area contributed by atoms with E-state index in [9.17, 15) is 14.3 Å². The molecule has 1 saturated carbocycles. The lowest BCUT2D eigenvalue weighted by Gasteiger charge is -2.37. The van der Waals surface area contributed by atoms with E-state index in [-0.39, 0.29) is 17.7 Å². The van der Waals surface area contributed by atoms with Gasteiger partial charge in [-0.25, -0.2) is 9.18 Å². The topological polar surface area (TPSA) is 60.8 Å². The fraction of sp³-hybridized carbons (Fsp3) is 0.533. The molecule has 0 bridgehead atoms. The number of carbonyl (C=O) groups is 1. The molecule has 2 N–H and O–H groups in total. The number of aliphatic hydroxyl groups excluding tert-OH is 1. The molecule has 3 rings (SSSR count). The van der Waals surface area contributed by atoms with Crippen LogP contribution in [0.25, 0.3) is 0 Å². The van der Waals surface area contributed by atoms with Crippen molar-refractivity contribution in [2.75, 3.05) is 13.1 Å². The summed E-state index contributed by atoms with van der Waals surface area (Å²) in [5.74, 6) is 0.0257. The highest BCUT2D eigenvalue weighted by Crippen LogP contribution is 2.45. The van der Waals surface area contributed by atoms with Crippen molar-refractivity contribution in [3.63, 3.8) is 0 Å². The van der Waals surface area contributed by atoms with Gasteiger partial charge in [-0.15, -0.1) is 0 Å². The third kappa shape index (κ3) is 2.26. The van der Waals surface area contributed by atoms with E-state index in [1.54, 1.807) is 12.1 Å². The molecule has 4 atom stereocenters. The summed E-state index contributed by atoms with van der Waals surface area (Å²) in [5.41, 5.74) is 0.904. The number of halogens is 1. The van der Waals surface area contributed by atoms with Gasteiger partial charge in [0.1, 0.15) is 5.82 Å². The van der Waals surface area contributed by atoms with E-state index in [0.29, 0.717) is 25.4 Å². The van der Waals surface area contributed by atoms with Gasteiger partial charge in [0.2, 0.25) is 0 Å². The summed E-state index contributed by atoms with van der Waals surface area (Å²) in [6, 6.07) is 6.20. The maximum absolute atomic E-state index is 13.0. The van der Waals surface area contributed by atoms with Crippen LogP contribution < -0.4 is 0 Å². The fourth-order valence-corrected chi connectivity index (χ4v) is 3.77. The molecule has 20 heavy (non-hydrogen) atoms. The van der Waals surface area contributed by atoms with Crippen LogP contribution in [0.2, 0.25) is 0 Å². The molecule has 0 radical (unpaired) electrons. The lowest BCUT2D eigenvalue weighted by molar-refractivity contribution is 0.0590. The smallest absolute Gasteiger partial charge is 0.407 e. The molecular weight excluding hydrogens is 261 g/mol. The second-order valence-corrected chi connectivity index (χ2v) is 5.83. The lowest BCUT2D eigenvalue weighted by Crippen LogP contribution is -2.35. The highest BCUT2D eigenvalue weighted by Gasteiger charge is 2.45. The molecule has 1 amide bonds. The number of hydrogen-bond acceptors (Lipinski definition) is 2. The van der Waals surface area contributed by atoms with Crippen LogP contribution in [0.4, 0.5) is 9.18 Å². The third-order valence-corrected chi connectivity index (χ3v) is 4.73. The van der Waals surface area contributed by atoms with Crippen molar-refractivity contribution < 1.29 is 19.4 Å². The highest BCUT2D eigenvalue weighted by molar-refractivity contribution is 5.65. The predicted octanol–water partition coefficient (Wildman–Crippen LogP) is 2.29. The zero-order valence-electron chi connectivity index (χ0n) is 11.1. The molecule has 4 unspecified atom stereocenters. The predicted molar refractivity (Wildman–Crippen MR) is 71.0 cm³/mol. The first-order valence-electron chi connectivity index (χ1n) is 6.97. The van der Waals surface area contributed by atoms with E-state index >= 15 is 0 Å². The first-order chi connectivity index (χ1) is 9.56. The van der Waals surface area contributed by atoms with Crippen molar-refractivity contribution in [1.82, 2.24) is 4.90 Å². The van der Waals surface area contributed by atoms with Crippen molar-refractivity contribution in [1.29, 1.82) is 0 Å². The summed E-state index contributed by atoms with van der Waals surface area (Å²) >= 11 is 0. The van der Waals surface area contributed by atoms with Crippen molar-refractivity contribution in [2.45, 2.75) is 24.9 Å². The molecule has 1 aliphatic heterocycles. The normalized spacial score (nSPS) is 33.0. The standard InChI is InChI=1S/C15H18FNO3/c16-11-4-1-9(2-5-11)14-12-8-17(15(19)20)7-10(12)3-6-13(14)18/h1-2,4-5,10,12-14,18H,3,6-8H2,(H,19,20). The molecule has 1 aromatic rings. The minimum Gasteiger partial charge on any atom is -0.465 e. The Labute approximate surface area is 116 Å². The Morgan fingerprint density at radius 3 is 2.55 bits per heavy atom. The van der Waals surface area contributed by atoms with Crippen molar-refractivity contribution >= 4 is 6.09 Å². The minimum absolute atomic E-state index is 0.0984. The van der Waals surface area contributed by atoms with Gasteiger partial charge in [0.15, 0.2) is 0 Å². The Hall–Kier alpha value is -1.62. The molecule has 2 fully saturated rings. The number of amides is 1. The number of aliphatic hydroxyl groups is 1. The van der Waals surface area contributed by atoms with E-state index in [4.69, 9.17) is 5.11 Å². The monoisotopic (exact) mass is 279 g/mol. The SMILES string of the molecule is O=C(O)N1CC2CCC(O)C(c3ccc(F)cc3)C2C1. The molecule has 4 nitrogen and oxygen atoms in total. The van der Waals surface area contributed by atoms with Crippen LogP contribution in [0.1, 0.15) is 24.3 Å².